The number of aromatic nitrogens is 2. The summed E-state index contributed by atoms with van der Waals surface area (Å²) < 4.78 is 32.2. The van der Waals surface area contributed by atoms with Crippen molar-refractivity contribution in [2.45, 2.75) is 82.2 Å². The van der Waals surface area contributed by atoms with E-state index in [0.717, 1.165) is 43.8 Å². The van der Waals surface area contributed by atoms with Crippen molar-refractivity contribution in [1.29, 1.82) is 0 Å². The molecule has 5 rings (SSSR count). The van der Waals surface area contributed by atoms with E-state index in [-0.39, 0.29) is 22.1 Å². The Bertz CT molecular complexity index is 1560. The molecule has 3 aromatic rings. The molecule has 0 saturated carbocycles. The summed E-state index contributed by atoms with van der Waals surface area (Å²) >= 11 is 6.45. The second-order valence-corrected chi connectivity index (χ2v) is 14.6. The fourth-order valence-electron chi connectivity index (χ4n) is 6.02. The number of anilines is 4. The van der Waals surface area contributed by atoms with E-state index in [4.69, 9.17) is 16.3 Å². The number of fused-ring (bicyclic) bond motifs is 1. The van der Waals surface area contributed by atoms with Crippen LogP contribution in [-0.4, -0.2) is 65.5 Å². The van der Waals surface area contributed by atoms with Gasteiger partial charge in [-0.05, 0) is 95.8 Å². The average Bonchev–Trinajstić information content (AvgIpc) is 3.32. The molecule has 0 unspecified atom stereocenters. The number of benzene rings is 2. The fourth-order valence-corrected chi connectivity index (χ4v) is 7.36. The SMILES string of the molecule is Cc1cc(Nc2ncc(Cl)c(Nc3ccccc3S(=O)(=O)C(C)C)n2)c2c(c1C1CCN(C[C@H](C)O)CC1)C[C@H](C)O2. The highest BCUT2D eigenvalue weighted by Crippen LogP contribution is 2.46. The normalized spacial score (nSPS) is 18.5. The molecule has 0 spiro atoms. The molecule has 42 heavy (non-hydrogen) atoms. The maximum absolute atomic E-state index is 13.0. The predicted octanol–water partition coefficient (Wildman–Crippen LogP) is 5.99. The molecule has 1 saturated heterocycles. The molecule has 0 bridgehead atoms. The number of nitrogens with one attached hydrogen (secondary N) is 2. The zero-order valence-corrected chi connectivity index (χ0v) is 26.4. The van der Waals surface area contributed by atoms with E-state index < -0.39 is 15.1 Å². The molecule has 3 heterocycles. The maximum atomic E-state index is 13.0. The molecule has 0 radical (unpaired) electrons. The number of sulfone groups is 1. The second-order valence-electron chi connectivity index (χ2n) is 11.7. The highest BCUT2D eigenvalue weighted by atomic mass is 35.5. The smallest absolute Gasteiger partial charge is 0.229 e. The third-order valence-electron chi connectivity index (χ3n) is 8.02. The van der Waals surface area contributed by atoms with Crippen molar-refractivity contribution in [1.82, 2.24) is 14.9 Å². The zero-order valence-electron chi connectivity index (χ0n) is 24.8. The van der Waals surface area contributed by atoms with Gasteiger partial charge in [0.05, 0.1) is 33.8 Å². The van der Waals surface area contributed by atoms with E-state index in [2.05, 4.69) is 45.4 Å². The van der Waals surface area contributed by atoms with Gasteiger partial charge in [-0.15, -0.1) is 0 Å². The number of hydrogen-bond acceptors (Lipinski definition) is 9. The van der Waals surface area contributed by atoms with Crippen molar-refractivity contribution >= 4 is 44.6 Å². The minimum absolute atomic E-state index is 0.0548. The van der Waals surface area contributed by atoms with Crippen molar-refractivity contribution in [2.24, 2.45) is 0 Å². The topological polar surface area (TPSA) is 117 Å². The van der Waals surface area contributed by atoms with Crippen molar-refractivity contribution < 1.29 is 18.3 Å². The van der Waals surface area contributed by atoms with E-state index in [9.17, 15) is 13.5 Å². The van der Waals surface area contributed by atoms with Crippen LogP contribution in [0.25, 0.3) is 0 Å². The molecule has 1 fully saturated rings. The first kappa shape index (κ1) is 30.5. The first-order valence-corrected chi connectivity index (χ1v) is 16.5. The summed E-state index contributed by atoms with van der Waals surface area (Å²) in [5.41, 5.74) is 5.00. The largest absolute Gasteiger partial charge is 0.488 e. The molecule has 226 valence electrons. The van der Waals surface area contributed by atoms with Gasteiger partial charge in [0.2, 0.25) is 5.95 Å². The third kappa shape index (κ3) is 6.37. The van der Waals surface area contributed by atoms with Crippen LogP contribution in [0.5, 0.6) is 5.75 Å². The van der Waals surface area contributed by atoms with Gasteiger partial charge in [-0.25, -0.2) is 13.4 Å². The van der Waals surface area contributed by atoms with Crippen molar-refractivity contribution in [2.75, 3.05) is 30.3 Å². The highest BCUT2D eigenvalue weighted by molar-refractivity contribution is 7.92. The van der Waals surface area contributed by atoms with Crippen LogP contribution in [0.2, 0.25) is 5.02 Å². The van der Waals surface area contributed by atoms with E-state index in [1.54, 1.807) is 38.1 Å². The standard InChI is InChI=1S/C31H40ClN5O4S/c1-18(2)42(39,40)27-9-7-6-8-25(27)34-30-24(32)16-33-31(36-30)35-26-14-19(3)28(23-15-21(5)41-29(23)26)22-10-12-37(13-11-22)17-20(4)38/h6-9,14,16,18,20-22,38H,10-13,15,17H2,1-5H3,(H2,33,34,35,36)/t20-,21-/m0/s1. The molecular formula is C31H40ClN5O4S. The molecule has 2 aliphatic heterocycles. The number of aliphatic hydroxyl groups excluding tert-OH is 1. The van der Waals surface area contributed by atoms with Crippen LogP contribution >= 0.6 is 11.6 Å². The van der Waals surface area contributed by atoms with E-state index in [0.29, 0.717) is 29.9 Å². The molecule has 0 amide bonds. The molecule has 3 N–H and O–H groups in total. The van der Waals surface area contributed by atoms with E-state index in [1.807, 2.05) is 6.92 Å². The molecular weight excluding hydrogens is 574 g/mol. The number of para-hydroxylation sites is 1. The van der Waals surface area contributed by atoms with Crippen molar-refractivity contribution in [3.8, 4) is 5.75 Å². The van der Waals surface area contributed by atoms with E-state index >= 15 is 0 Å². The van der Waals surface area contributed by atoms with Crippen LogP contribution in [0, 0.1) is 6.92 Å². The summed E-state index contributed by atoms with van der Waals surface area (Å²) in [5, 5.41) is 15.9. The predicted molar refractivity (Wildman–Crippen MR) is 167 cm³/mol. The van der Waals surface area contributed by atoms with Crippen LogP contribution in [-0.2, 0) is 16.3 Å². The summed E-state index contributed by atoms with van der Waals surface area (Å²) in [6.07, 6.45) is 4.16. The number of ether oxygens (including phenoxy) is 1. The maximum Gasteiger partial charge on any atom is 0.229 e. The monoisotopic (exact) mass is 613 g/mol. The Hall–Kier alpha value is -2.92. The lowest BCUT2D eigenvalue weighted by molar-refractivity contribution is 0.109. The summed E-state index contributed by atoms with van der Waals surface area (Å²) in [7, 11) is -3.53. The van der Waals surface area contributed by atoms with E-state index in [1.165, 1.54) is 22.9 Å². The number of likely N-dealkylation sites (tertiary alicyclic amines) is 1. The third-order valence-corrected chi connectivity index (χ3v) is 10.5. The average molecular weight is 614 g/mol. The van der Waals surface area contributed by atoms with Crippen LogP contribution in [0.4, 0.5) is 23.1 Å². The van der Waals surface area contributed by atoms with Crippen LogP contribution < -0.4 is 15.4 Å². The van der Waals surface area contributed by atoms with Crippen LogP contribution in [0.3, 0.4) is 0 Å². The fraction of sp³-hybridized carbons (Fsp3) is 0.484. The molecule has 2 aliphatic rings. The van der Waals surface area contributed by atoms with Crippen LogP contribution in [0.15, 0.2) is 41.4 Å². The molecule has 0 aliphatic carbocycles. The van der Waals surface area contributed by atoms with Crippen molar-refractivity contribution in [3.63, 3.8) is 0 Å². The molecule has 11 heteroatoms. The molecule has 2 aromatic carbocycles. The van der Waals surface area contributed by atoms with Gasteiger partial charge in [0.25, 0.3) is 0 Å². The Kier molecular flexibility index (Phi) is 8.99. The molecule has 9 nitrogen and oxygen atoms in total. The Morgan fingerprint density at radius 1 is 1.14 bits per heavy atom. The Morgan fingerprint density at radius 3 is 2.55 bits per heavy atom. The first-order chi connectivity index (χ1) is 19.9. The van der Waals surface area contributed by atoms with Gasteiger partial charge in [0.15, 0.2) is 15.7 Å². The summed E-state index contributed by atoms with van der Waals surface area (Å²) in [5.74, 6) is 1.88. The Morgan fingerprint density at radius 2 is 1.86 bits per heavy atom. The Labute approximate surface area is 253 Å². The van der Waals surface area contributed by atoms with Gasteiger partial charge in [-0.1, -0.05) is 23.7 Å². The van der Waals surface area contributed by atoms with Gasteiger partial charge in [0.1, 0.15) is 16.9 Å². The number of nitrogens with zero attached hydrogens (tertiary/aromatic N) is 3. The van der Waals surface area contributed by atoms with Gasteiger partial charge >= 0.3 is 0 Å². The van der Waals surface area contributed by atoms with Gasteiger partial charge in [-0.2, -0.15) is 4.98 Å². The number of piperidine rings is 1. The summed E-state index contributed by atoms with van der Waals surface area (Å²) in [6, 6.07) is 8.83. The number of hydrogen-bond donors (Lipinski definition) is 3. The number of rotatable bonds is 9. The minimum Gasteiger partial charge on any atom is -0.488 e. The number of halogens is 1. The molecule has 1 aromatic heterocycles. The summed E-state index contributed by atoms with van der Waals surface area (Å²) in [4.78, 5) is 11.5. The lowest BCUT2D eigenvalue weighted by atomic mass is 9.82. The van der Waals surface area contributed by atoms with Crippen molar-refractivity contribution in [3.05, 3.63) is 58.2 Å². The number of aliphatic hydroxyl groups is 1. The summed E-state index contributed by atoms with van der Waals surface area (Å²) in [6.45, 7) is 12.0. The lowest BCUT2D eigenvalue weighted by Gasteiger charge is -2.34. The zero-order chi connectivity index (χ0) is 30.2. The quantitative estimate of drug-likeness (QED) is 0.267. The minimum atomic E-state index is -3.53. The molecule has 2 atom stereocenters. The highest BCUT2D eigenvalue weighted by Gasteiger charge is 2.32. The second kappa shape index (κ2) is 12.4. The van der Waals surface area contributed by atoms with Gasteiger partial charge in [0, 0.05) is 18.5 Å². The van der Waals surface area contributed by atoms with Crippen LogP contribution in [0.1, 0.15) is 63.1 Å². The first-order valence-electron chi connectivity index (χ1n) is 14.6. The number of aryl methyl sites for hydroxylation is 1. The van der Waals surface area contributed by atoms with Gasteiger partial charge < -0.3 is 25.4 Å². The Balaban J connectivity index is 1.42. The number of β-amino-alcohol motifs (C(OH)–C–C–N with tert-alkyl or cyclic N) is 1. The lowest BCUT2D eigenvalue weighted by Crippen LogP contribution is -2.37. The van der Waals surface area contributed by atoms with Gasteiger partial charge in [-0.3, -0.25) is 0 Å².